The predicted molar refractivity (Wildman–Crippen MR) is 95.7 cm³/mol. The zero-order chi connectivity index (χ0) is 18.6. The van der Waals surface area contributed by atoms with Crippen LogP contribution < -0.4 is 5.73 Å². The van der Waals surface area contributed by atoms with Crippen LogP contribution >= 0.6 is 0 Å². The fourth-order valence-corrected chi connectivity index (χ4v) is 2.90. The lowest BCUT2D eigenvalue weighted by atomic mass is 9.95. The molecule has 0 unspecified atom stereocenters. The molecule has 0 aromatic heterocycles. The Hall–Kier alpha value is -2.30. The van der Waals surface area contributed by atoms with Gasteiger partial charge in [0.25, 0.3) is 0 Å². The van der Waals surface area contributed by atoms with E-state index in [1.54, 1.807) is 13.0 Å². The monoisotopic (exact) mass is 349 g/mol. The third kappa shape index (κ3) is 4.84. The lowest BCUT2D eigenvalue weighted by molar-refractivity contribution is -0.516. The molecule has 0 aliphatic carbocycles. The number of hydrogen-bond acceptors (Lipinski definition) is 1. The molecule has 1 heterocycles. The van der Waals surface area contributed by atoms with Crippen LogP contribution in [0.25, 0.3) is 0 Å². The minimum atomic E-state index is -4.33. The first kappa shape index (κ1) is 19.0. The number of rotatable bonds is 3. The van der Waals surface area contributed by atoms with E-state index in [-0.39, 0.29) is 0 Å². The van der Waals surface area contributed by atoms with Gasteiger partial charge in [0.15, 0.2) is 6.54 Å². The van der Waals surface area contributed by atoms with Crippen LogP contribution in [0.15, 0.2) is 53.8 Å². The fourth-order valence-electron chi connectivity index (χ4n) is 2.90. The van der Waals surface area contributed by atoms with E-state index < -0.39 is 11.7 Å². The van der Waals surface area contributed by atoms with Gasteiger partial charge in [-0.05, 0) is 50.6 Å². The van der Waals surface area contributed by atoms with Crippen LogP contribution in [0.1, 0.15) is 37.0 Å². The Morgan fingerprint density at radius 3 is 2.60 bits per heavy atom. The van der Waals surface area contributed by atoms with Crippen molar-refractivity contribution in [1.82, 2.24) is 0 Å². The lowest BCUT2D eigenvalue weighted by Crippen LogP contribution is -2.26. The highest BCUT2D eigenvalue weighted by Gasteiger charge is 2.31. The molecule has 0 radical (unpaired) electrons. The minimum Gasteiger partial charge on any atom is -0.402 e. The standard InChI is InChI=1S/C20H24F3N2/c1-14-7-5-4-6-11-25(12-10-16(3)24)19(14)18-9-8-17(13-15(18)2)20(21,22)23/h4-5,7-10,13H,6,11-12,24H2,1-3H3/q+1/b5-4-,14-7+,16-10+,25-19?. The van der Waals surface area contributed by atoms with E-state index in [2.05, 4.69) is 10.7 Å². The second kappa shape index (κ2) is 7.72. The summed E-state index contributed by atoms with van der Waals surface area (Å²) in [5.41, 5.74) is 9.27. The maximum absolute atomic E-state index is 13.0. The van der Waals surface area contributed by atoms with Gasteiger partial charge in [0.2, 0.25) is 5.71 Å². The molecule has 1 aliphatic rings. The summed E-state index contributed by atoms with van der Waals surface area (Å²) < 4.78 is 41.1. The molecule has 1 aromatic carbocycles. The molecule has 0 atom stereocenters. The molecular weight excluding hydrogens is 325 g/mol. The lowest BCUT2D eigenvalue weighted by Gasteiger charge is -2.15. The number of allylic oxidation sites excluding steroid dienone is 4. The third-order valence-electron chi connectivity index (χ3n) is 4.18. The summed E-state index contributed by atoms with van der Waals surface area (Å²) in [6.45, 7) is 6.93. The molecule has 25 heavy (non-hydrogen) atoms. The number of alkyl halides is 3. The Morgan fingerprint density at radius 1 is 1.28 bits per heavy atom. The fraction of sp³-hybridized carbons (Fsp3) is 0.350. The van der Waals surface area contributed by atoms with E-state index in [4.69, 9.17) is 5.73 Å². The quantitative estimate of drug-likeness (QED) is 0.795. The number of nitrogens with two attached hydrogens (primary N) is 1. The van der Waals surface area contributed by atoms with Crippen LogP contribution in [0.4, 0.5) is 13.2 Å². The highest BCUT2D eigenvalue weighted by atomic mass is 19.4. The van der Waals surface area contributed by atoms with Gasteiger partial charge < -0.3 is 5.73 Å². The summed E-state index contributed by atoms with van der Waals surface area (Å²) in [5, 5.41) is 0. The highest BCUT2D eigenvalue weighted by Crippen LogP contribution is 2.31. The largest absolute Gasteiger partial charge is 0.416 e. The first-order valence-corrected chi connectivity index (χ1v) is 8.26. The van der Waals surface area contributed by atoms with Gasteiger partial charge in [-0.15, -0.1) is 0 Å². The van der Waals surface area contributed by atoms with Crippen molar-refractivity contribution in [2.45, 2.75) is 33.4 Å². The van der Waals surface area contributed by atoms with Crippen LogP contribution in [0, 0.1) is 6.92 Å². The maximum Gasteiger partial charge on any atom is 0.416 e. The zero-order valence-electron chi connectivity index (χ0n) is 14.8. The number of benzene rings is 1. The third-order valence-corrected chi connectivity index (χ3v) is 4.18. The molecule has 1 aliphatic heterocycles. The van der Waals surface area contributed by atoms with Gasteiger partial charge >= 0.3 is 6.18 Å². The first-order valence-electron chi connectivity index (χ1n) is 8.26. The number of aryl methyl sites for hydroxylation is 1. The number of halogens is 3. The molecule has 5 heteroatoms. The Morgan fingerprint density at radius 2 is 2.00 bits per heavy atom. The van der Waals surface area contributed by atoms with Crippen molar-refractivity contribution in [3.63, 3.8) is 0 Å². The summed E-state index contributed by atoms with van der Waals surface area (Å²) in [5.74, 6) is 0. The Bertz CT molecular complexity index is 762. The first-order chi connectivity index (χ1) is 11.7. The smallest absolute Gasteiger partial charge is 0.402 e. The van der Waals surface area contributed by atoms with Crippen molar-refractivity contribution in [2.75, 3.05) is 13.1 Å². The molecule has 0 saturated carbocycles. The van der Waals surface area contributed by atoms with Crippen LogP contribution in [0.5, 0.6) is 0 Å². The summed E-state index contributed by atoms with van der Waals surface area (Å²) in [6.07, 6.45) is 4.55. The summed E-state index contributed by atoms with van der Waals surface area (Å²) in [7, 11) is 0. The van der Waals surface area contributed by atoms with Crippen molar-refractivity contribution in [3.8, 4) is 0 Å². The minimum absolute atomic E-state index is 0.612. The van der Waals surface area contributed by atoms with Gasteiger partial charge in [0.1, 0.15) is 6.54 Å². The van der Waals surface area contributed by atoms with E-state index in [0.29, 0.717) is 12.1 Å². The van der Waals surface area contributed by atoms with Crippen LogP contribution in [-0.2, 0) is 6.18 Å². The number of hydrogen-bond donors (Lipinski definition) is 1. The Kier molecular flexibility index (Phi) is 5.88. The molecule has 0 spiro atoms. The topological polar surface area (TPSA) is 29.0 Å². The zero-order valence-corrected chi connectivity index (χ0v) is 14.8. The molecule has 2 nitrogen and oxygen atoms in total. The molecule has 0 amide bonds. The molecule has 0 fully saturated rings. The predicted octanol–water partition coefficient (Wildman–Crippen LogP) is 4.58. The summed E-state index contributed by atoms with van der Waals surface area (Å²) in [4.78, 5) is 0. The molecule has 2 N–H and O–H groups in total. The SMILES string of the molecule is C/C(N)=C\C[N+]1=C(c2ccc(C(F)(F)F)cc2C)/C(C)=C/C=C\CC1. The average molecular weight is 349 g/mol. The molecule has 1 aromatic rings. The molecular formula is C20H24F3N2+. The van der Waals surface area contributed by atoms with Crippen molar-refractivity contribution >= 4 is 5.71 Å². The number of nitrogens with zero attached hydrogens (tertiary/aromatic N) is 1. The van der Waals surface area contributed by atoms with Gasteiger partial charge in [-0.3, -0.25) is 0 Å². The second-order valence-corrected chi connectivity index (χ2v) is 6.34. The van der Waals surface area contributed by atoms with Crippen LogP contribution in [-0.4, -0.2) is 23.4 Å². The molecule has 2 rings (SSSR count). The second-order valence-electron chi connectivity index (χ2n) is 6.34. The van der Waals surface area contributed by atoms with Gasteiger partial charge in [0.05, 0.1) is 5.56 Å². The van der Waals surface area contributed by atoms with Crippen LogP contribution in [0.2, 0.25) is 0 Å². The Labute approximate surface area is 146 Å². The summed E-state index contributed by atoms with van der Waals surface area (Å²) >= 11 is 0. The van der Waals surface area contributed by atoms with E-state index in [1.807, 2.05) is 32.1 Å². The average Bonchev–Trinajstić information content (AvgIpc) is 2.50. The molecule has 0 bridgehead atoms. The van der Waals surface area contributed by atoms with Gasteiger partial charge in [0, 0.05) is 23.3 Å². The Balaban J connectivity index is 2.61. The van der Waals surface area contributed by atoms with Gasteiger partial charge in [-0.2, -0.15) is 13.2 Å². The molecule has 134 valence electrons. The van der Waals surface area contributed by atoms with Crippen molar-refractivity contribution in [2.24, 2.45) is 5.73 Å². The van der Waals surface area contributed by atoms with Gasteiger partial charge in [-0.25, -0.2) is 4.58 Å². The van der Waals surface area contributed by atoms with Gasteiger partial charge in [-0.1, -0.05) is 18.2 Å². The summed E-state index contributed by atoms with van der Waals surface area (Å²) in [6, 6.07) is 3.94. The van der Waals surface area contributed by atoms with E-state index in [1.165, 1.54) is 6.07 Å². The van der Waals surface area contributed by atoms with Crippen LogP contribution in [0.3, 0.4) is 0 Å². The van der Waals surface area contributed by atoms with E-state index in [9.17, 15) is 13.2 Å². The normalized spacial score (nSPS) is 19.9. The highest BCUT2D eigenvalue weighted by molar-refractivity contribution is 6.10. The maximum atomic E-state index is 13.0. The van der Waals surface area contributed by atoms with Crippen molar-refractivity contribution in [3.05, 3.63) is 70.5 Å². The van der Waals surface area contributed by atoms with Crippen molar-refractivity contribution < 1.29 is 17.7 Å². The molecule has 0 saturated heterocycles. The van der Waals surface area contributed by atoms with E-state index >= 15 is 0 Å². The van der Waals surface area contributed by atoms with Crippen molar-refractivity contribution in [1.29, 1.82) is 0 Å². The van der Waals surface area contributed by atoms with E-state index in [0.717, 1.165) is 41.6 Å².